The molecule has 0 unspecified atom stereocenters. The maximum atomic E-state index is 12.9. The molecule has 0 N–H and O–H groups in total. The van der Waals surface area contributed by atoms with E-state index in [-0.39, 0.29) is 5.78 Å². The van der Waals surface area contributed by atoms with Gasteiger partial charge in [0.15, 0.2) is 5.78 Å². The van der Waals surface area contributed by atoms with E-state index < -0.39 is 0 Å². The minimum Gasteiger partial charge on any atom is -0.379 e. The Hall–Kier alpha value is -1.97. The number of morpholine rings is 1. The quantitative estimate of drug-likeness (QED) is 0.811. The number of hydrogen-bond donors (Lipinski definition) is 0. The highest BCUT2D eigenvalue weighted by molar-refractivity contribution is 6.10. The number of carbonyl (C=O) groups is 1. The SMILES string of the molecule is Cc1cccc(C)c1C(=O)c1cccc(CN2CCOCC2)c1. The molecule has 2 aromatic rings. The first-order valence-corrected chi connectivity index (χ1v) is 8.15. The zero-order valence-electron chi connectivity index (χ0n) is 13.8. The standard InChI is InChI=1S/C20H23NO2/c1-15-5-3-6-16(2)19(15)20(22)18-8-4-7-17(13-18)14-21-9-11-23-12-10-21/h3-8,13H,9-12,14H2,1-2H3. The maximum absolute atomic E-state index is 12.9. The van der Waals surface area contributed by atoms with Gasteiger partial charge in [0.2, 0.25) is 0 Å². The highest BCUT2D eigenvalue weighted by Gasteiger charge is 2.16. The van der Waals surface area contributed by atoms with Crippen LogP contribution in [0.25, 0.3) is 0 Å². The number of nitrogens with zero attached hydrogens (tertiary/aromatic N) is 1. The highest BCUT2D eigenvalue weighted by Crippen LogP contribution is 2.19. The van der Waals surface area contributed by atoms with Gasteiger partial charge in [0.1, 0.15) is 0 Å². The van der Waals surface area contributed by atoms with Crippen LogP contribution < -0.4 is 0 Å². The van der Waals surface area contributed by atoms with Gasteiger partial charge in [-0.25, -0.2) is 0 Å². The normalized spacial score (nSPS) is 15.6. The van der Waals surface area contributed by atoms with Gasteiger partial charge in [-0.15, -0.1) is 0 Å². The van der Waals surface area contributed by atoms with Gasteiger partial charge in [-0.05, 0) is 36.6 Å². The van der Waals surface area contributed by atoms with Crippen molar-refractivity contribution in [1.29, 1.82) is 0 Å². The molecule has 0 atom stereocenters. The molecule has 0 amide bonds. The molecule has 0 aromatic heterocycles. The third kappa shape index (κ3) is 3.69. The lowest BCUT2D eigenvalue weighted by atomic mass is 9.94. The fourth-order valence-electron chi connectivity index (χ4n) is 3.15. The fourth-order valence-corrected chi connectivity index (χ4v) is 3.15. The van der Waals surface area contributed by atoms with Gasteiger partial charge in [-0.1, -0.05) is 36.4 Å². The summed E-state index contributed by atoms with van der Waals surface area (Å²) in [6.45, 7) is 8.36. The molecule has 1 heterocycles. The summed E-state index contributed by atoms with van der Waals surface area (Å²) in [7, 11) is 0. The summed E-state index contributed by atoms with van der Waals surface area (Å²) in [5.41, 5.74) is 4.86. The van der Waals surface area contributed by atoms with Crippen molar-refractivity contribution in [3.8, 4) is 0 Å². The third-order valence-corrected chi connectivity index (χ3v) is 4.41. The van der Waals surface area contributed by atoms with Crippen molar-refractivity contribution in [2.75, 3.05) is 26.3 Å². The van der Waals surface area contributed by atoms with E-state index in [0.29, 0.717) is 0 Å². The van der Waals surface area contributed by atoms with Gasteiger partial charge in [0.25, 0.3) is 0 Å². The first-order valence-electron chi connectivity index (χ1n) is 8.15. The minimum absolute atomic E-state index is 0.115. The first kappa shape index (κ1) is 15.9. The zero-order chi connectivity index (χ0) is 16.2. The zero-order valence-corrected chi connectivity index (χ0v) is 13.8. The Bertz CT molecular complexity index is 682. The fraction of sp³-hybridized carbons (Fsp3) is 0.350. The molecule has 0 spiro atoms. The molecule has 120 valence electrons. The molecule has 1 fully saturated rings. The maximum Gasteiger partial charge on any atom is 0.193 e. The summed E-state index contributed by atoms with van der Waals surface area (Å²) in [6, 6.07) is 14.0. The summed E-state index contributed by atoms with van der Waals surface area (Å²) in [5.74, 6) is 0.115. The van der Waals surface area contributed by atoms with Crippen LogP contribution in [0.15, 0.2) is 42.5 Å². The van der Waals surface area contributed by atoms with Crippen molar-refractivity contribution >= 4 is 5.78 Å². The highest BCUT2D eigenvalue weighted by atomic mass is 16.5. The van der Waals surface area contributed by atoms with Gasteiger partial charge in [-0.3, -0.25) is 9.69 Å². The Balaban J connectivity index is 1.83. The summed E-state index contributed by atoms with van der Waals surface area (Å²) in [4.78, 5) is 15.3. The second kappa shape index (κ2) is 7.07. The van der Waals surface area contributed by atoms with Crippen LogP contribution in [0.2, 0.25) is 0 Å². The van der Waals surface area contributed by atoms with Crippen LogP contribution in [0.4, 0.5) is 0 Å². The van der Waals surface area contributed by atoms with Gasteiger partial charge in [0.05, 0.1) is 13.2 Å². The van der Waals surface area contributed by atoms with Crippen LogP contribution in [-0.2, 0) is 11.3 Å². The van der Waals surface area contributed by atoms with Crippen LogP contribution in [0.3, 0.4) is 0 Å². The van der Waals surface area contributed by atoms with E-state index in [1.165, 1.54) is 5.56 Å². The Morgan fingerprint density at radius 3 is 2.39 bits per heavy atom. The molecule has 0 saturated carbocycles. The van der Waals surface area contributed by atoms with Gasteiger partial charge in [-0.2, -0.15) is 0 Å². The molecule has 3 nitrogen and oxygen atoms in total. The molecule has 0 radical (unpaired) electrons. The van der Waals surface area contributed by atoms with E-state index in [0.717, 1.165) is 55.1 Å². The molecule has 3 rings (SSSR count). The van der Waals surface area contributed by atoms with Crippen molar-refractivity contribution in [2.24, 2.45) is 0 Å². The molecule has 0 aliphatic carbocycles. The molecular formula is C20H23NO2. The second-order valence-electron chi connectivity index (χ2n) is 6.18. The molecule has 1 aliphatic heterocycles. The number of ketones is 1. The molecule has 2 aromatic carbocycles. The Morgan fingerprint density at radius 1 is 1.04 bits per heavy atom. The molecule has 3 heteroatoms. The molecule has 1 saturated heterocycles. The molecule has 0 bridgehead atoms. The van der Waals surface area contributed by atoms with Crippen LogP contribution in [-0.4, -0.2) is 37.0 Å². The van der Waals surface area contributed by atoms with Crippen molar-refractivity contribution in [3.63, 3.8) is 0 Å². The van der Waals surface area contributed by atoms with Crippen LogP contribution in [0.1, 0.15) is 32.6 Å². The number of rotatable bonds is 4. The summed E-state index contributed by atoms with van der Waals surface area (Å²) >= 11 is 0. The second-order valence-corrected chi connectivity index (χ2v) is 6.18. The monoisotopic (exact) mass is 309 g/mol. The van der Waals surface area contributed by atoms with Gasteiger partial charge >= 0.3 is 0 Å². The largest absolute Gasteiger partial charge is 0.379 e. The topological polar surface area (TPSA) is 29.5 Å². The van der Waals surface area contributed by atoms with Crippen molar-refractivity contribution in [1.82, 2.24) is 4.90 Å². The molecular weight excluding hydrogens is 286 g/mol. The smallest absolute Gasteiger partial charge is 0.193 e. The van der Waals surface area contributed by atoms with Gasteiger partial charge < -0.3 is 4.74 Å². The number of aryl methyl sites for hydroxylation is 2. The van der Waals surface area contributed by atoms with Crippen LogP contribution >= 0.6 is 0 Å². The Morgan fingerprint density at radius 2 is 1.70 bits per heavy atom. The van der Waals surface area contributed by atoms with Gasteiger partial charge in [0, 0.05) is 30.8 Å². The number of hydrogen-bond acceptors (Lipinski definition) is 3. The van der Waals surface area contributed by atoms with Crippen molar-refractivity contribution in [2.45, 2.75) is 20.4 Å². The minimum atomic E-state index is 0.115. The Labute approximate surface area is 137 Å². The summed E-state index contributed by atoms with van der Waals surface area (Å²) < 4.78 is 5.39. The predicted octanol–water partition coefficient (Wildman–Crippen LogP) is 3.37. The number of benzene rings is 2. The number of ether oxygens (including phenoxy) is 1. The van der Waals surface area contributed by atoms with Crippen LogP contribution in [0, 0.1) is 13.8 Å². The lowest BCUT2D eigenvalue weighted by molar-refractivity contribution is 0.0342. The summed E-state index contributed by atoms with van der Waals surface area (Å²) in [5, 5.41) is 0. The average molecular weight is 309 g/mol. The summed E-state index contributed by atoms with van der Waals surface area (Å²) in [6.07, 6.45) is 0. The van der Waals surface area contributed by atoms with E-state index in [1.54, 1.807) is 0 Å². The van der Waals surface area contributed by atoms with E-state index in [9.17, 15) is 4.79 Å². The lowest BCUT2D eigenvalue weighted by Crippen LogP contribution is -2.35. The van der Waals surface area contributed by atoms with E-state index in [2.05, 4.69) is 11.0 Å². The van der Waals surface area contributed by atoms with E-state index in [1.807, 2.05) is 50.2 Å². The Kier molecular flexibility index (Phi) is 4.89. The molecule has 23 heavy (non-hydrogen) atoms. The third-order valence-electron chi connectivity index (χ3n) is 4.41. The average Bonchev–Trinajstić information content (AvgIpc) is 2.56. The van der Waals surface area contributed by atoms with Crippen LogP contribution in [0.5, 0.6) is 0 Å². The van der Waals surface area contributed by atoms with Crippen molar-refractivity contribution in [3.05, 3.63) is 70.3 Å². The lowest BCUT2D eigenvalue weighted by Gasteiger charge is -2.26. The number of carbonyl (C=O) groups excluding carboxylic acids is 1. The van der Waals surface area contributed by atoms with Crippen molar-refractivity contribution < 1.29 is 9.53 Å². The van der Waals surface area contributed by atoms with E-state index in [4.69, 9.17) is 4.74 Å². The predicted molar refractivity (Wildman–Crippen MR) is 91.9 cm³/mol. The van der Waals surface area contributed by atoms with E-state index >= 15 is 0 Å². The first-order chi connectivity index (χ1) is 11.1. The molecule has 1 aliphatic rings.